The Kier molecular flexibility index (Phi) is 4.97. The highest BCUT2D eigenvalue weighted by atomic mass is 32.2. The van der Waals surface area contributed by atoms with E-state index < -0.39 is 9.84 Å². The fourth-order valence-electron chi connectivity index (χ4n) is 3.77. The van der Waals surface area contributed by atoms with Crippen molar-refractivity contribution in [2.45, 2.75) is 31.8 Å². The predicted molar refractivity (Wildman–Crippen MR) is 107 cm³/mol. The van der Waals surface area contributed by atoms with Gasteiger partial charge in [0, 0.05) is 48.0 Å². The largest absolute Gasteiger partial charge is 0.371 e. The molecule has 0 amide bonds. The first kappa shape index (κ1) is 18.1. The maximum absolute atomic E-state index is 11.5. The molecule has 1 atom stereocenters. The lowest BCUT2D eigenvalue weighted by Crippen LogP contribution is -2.46. The molecule has 2 aromatic rings. The summed E-state index contributed by atoms with van der Waals surface area (Å²) in [5.74, 6) is 0.959. The number of piperidine rings is 1. The fraction of sp³-hybridized carbons (Fsp3) is 0.400. The van der Waals surface area contributed by atoms with Crippen molar-refractivity contribution in [3.8, 4) is 11.3 Å². The van der Waals surface area contributed by atoms with E-state index in [9.17, 15) is 8.42 Å². The molecule has 1 aromatic heterocycles. The van der Waals surface area contributed by atoms with Crippen molar-refractivity contribution in [2.75, 3.05) is 23.7 Å². The Bertz CT molecular complexity index is 950. The lowest BCUT2D eigenvalue weighted by atomic mass is 10.0. The summed E-state index contributed by atoms with van der Waals surface area (Å²) in [7, 11) is -3.00. The van der Waals surface area contributed by atoms with Gasteiger partial charge in [-0.1, -0.05) is 18.2 Å². The number of rotatable bonds is 4. The van der Waals surface area contributed by atoms with Crippen LogP contribution in [0.15, 0.2) is 48.0 Å². The van der Waals surface area contributed by atoms with Crippen LogP contribution in [0.3, 0.4) is 0 Å². The normalized spacial score (nSPS) is 22.3. The number of nitrogens with one attached hydrogen (secondary N) is 1. The van der Waals surface area contributed by atoms with Crippen LogP contribution in [0.1, 0.15) is 18.7 Å². The molecule has 2 aliphatic rings. The molecule has 4 rings (SSSR count). The highest BCUT2D eigenvalue weighted by Gasteiger charge is 2.26. The number of nitrogens with zero attached hydrogens (tertiary/aromatic N) is 3. The maximum Gasteiger partial charge on any atom is 0.173 e. The summed E-state index contributed by atoms with van der Waals surface area (Å²) in [4.78, 5) is 11.1. The summed E-state index contributed by atoms with van der Waals surface area (Å²) in [6.45, 7) is 3.80. The molecule has 7 heteroatoms. The van der Waals surface area contributed by atoms with Gasteiger partial charge in [0.15, 0.2) is 9.84 Å². The SMILES string of the molecule is Cc1nccc(-c2cccc(N3CCC(NC4C=CS(=O)(=O)C4)CC3)c2)n1. The van der Waals surface area contributed by atoms with E-state index in [0.29, 0.717) is 6.04 Å². The molecule has 1 N–H and O–H groups in total. The predicted octanol–water partition coefficient (Wildman–Crippen LogP) is 2.32. The number of benzene rings is 1. The molecule has 1 aromatic carbocycles. The summed E-state index contributed by atoms with van der Waals surface area (Å²) in [5, 5.41) is 4.81. The molecule has 0 radical (unpaired) electrons. The Hall–Kier alpha value is -2.25. The van der Waals surface area contributed by atoms with Crippen LogP contribution in [0.2, 0.25) is 0 Å². The van der Waals surface area contributed by atoms with E-state index in [-0.39, 0.29) is 11.8 Å². The summed E-state index contributed by atoms with van der Waals surface area (Å²) in [5.41, 5.74) is 3.24. The van der Waals surface area contributed by atoms with Crippen molar-refractivity contribution in [3.05, 3.63) is 53.8 Å². The lowest BCUT2D eigenvalue weighted by molar-refractivity contribution is 0.401. The van der Waals surface area contributed by atoms with Gasteiger partial charge in [0.2, 0.25) is 0 Å². The second-order valence-electron chi connectivity index (χ2n) is 7.23. The monoisotopic (exact) mass is 384 g/mol. The molecule has 27 heavy (non-hydrogen) atoms. The summed E-state index contributed by atoms with van der Waals surface area (Å²) >= 11 is 0. The van der Waals surface area contributed by atoms with Gasteiger partial charge >= 0.3 is 0 Å². The molecule has 0 bridgehead atoms. The van der Waals surface area contributed by atoms with Gasteiger partial charge in [-0.25, -0.2) is 18.4 Å². The van der Waals surface area contributed by atoms with Crippen molar-refractivity contribution >= 4 is 15.5 Å². The van der Waals surface area contributed by atoms with Crippen LogP contribution in [0.5, 0.6) is 0 Å². The zero-order valence-corrected chi connectivity index (χ0v) is 16.2. The van der Waals surface area contributed by atoms with Gasteiger partial charge in [0.1, 0.15) is 5.82 Å². The third-order valence-electron chi connectivity index (χ3n) is 5.16. The third kappa shape index (κ3) is 4.36. The molecular formula is C20H24N4O2S. The molecule has 2 aliphatic heterocycles. The van der Waals surface area contributed by atoms with E-state index in [1.54, 1.807) is 12.3 Å². The van der Waals surface area contributed by atoms with E-state index in [2.05, 4.69) is 44.5 Å². The fourth-order valence-corrected chi connectivity index (χ4v) is 5.01. The number of hydrogen-bond donors (Lipinski definition) is 1. The number of sulfone groups is 1. The molecular weight excluding hydrogens is 360 g/mol. The van der Waals surface area contributed by atoms with Crippen molar-refractivity contribution in [1.82, 2.24) is 15.3 Å². The first-order valence-corrected chi connectivity index (χ1v) is 11.0. The topological polar surface area (TPSA) is 75.2 Å². The molecule has 0 spiro atoms. The minimum Gasteiger partial charge on any atom is -0.371 e. The van der Waals surface area contributed by atoms with Crippen LogP contribution in [0.4, 0.5) is 5.69 Å². The molecule has 1 saturated heterocycles. The van der Waals surface area contributed by atoms with Crippen LogP contribution in [0.25, 0.3) is 11.3 Å². The number of aromatic nitrogens is 2. The van der Waals surface area contributed by atoms with E-state index in [0.717, 1.165) is 43.0 Å². The van der Waals surface area contributed by atoms with Crippen LogP contribution < -0.4 is 10.2 Å². The summed E-state index contributed by atoms with van der Waals surface area (Å²) < 4.78 is 23.1. The lowest BCUT2D eigenvalue weighted by Gasteiger charge is -2.35. The summed E-state index contributed by atoms with van der Waals surface area (Å²) in [6.07, 6.45) is 5.57. The van der Waals surface area contributed by atoms with E-state index in [4.69, 9.17) is 0 Å². The van der Waals surface area contributed by atoms with Crippen molar-refractivity contribution in [3.63, 3.8) is 0 Å². The molecule has 1 unspecified atom stereocenters. The number of aryl methyl sites for hydroxylation is 1. The molecule has 0 aliphatic carbocycles. The van der Waals surface area contributed by atoms with Crippen molar-refractivity contribution < 1.29 is 8.42 Å². The zero-order chi connectivity index (χ0) is 18.9. The Morgan fingerprint density at radius 2 is 2.00 bits per heavy atom. The Morgan fingerprint density at radius 3 is 2.70 bits per heavy atom. The number of hydrogen-bond acceptors (Lipinski definition) is 6. The van der Waals surface area contributed by atoms with Crippen molar-refractivity contribution in [2.24, 2.45) is 0 Å². The van der Waals surface area contributed by atoms with Gasteiger partial charge < -0.3 is 10.2 Å². The molecule has 1 fully saturated rings. The van der Waals surface area contributed by atoms with Crippen LogP contribution >= 0.6 is 0 Å². The van der Waals surface area contributed by atoms with Gasteiger partial charge in [-0.2, -0.15) is 0 Å². The average Bonchev–Trinajstić information content (AvgIpc) is 3.01. The maximum atomic E-state index is 11.5. The average molecular weight is 385 g/mol. The standard InChI is InChI=1S/C20H24N4O2S/c1-15-21-9-5-20(22-15)16-3-2-4-19(13-16)24-10-6-17(7-11-24)23-18-8-12-27(25,26)14-18/h2-5,8-9,12-13,17-18,23H,6-7,10-11,14H2,1H3. The molecule has 0 saturated carbocycles. The minimum absolute atomic E-state index is 0.0455. The van der Waals surface area contributed by atoms with E-state index >= 15 is 0 Å². The molecule has 3 heterocycles. The Morgan fingerprint density at radius 1 is 1.19 bits per heavy atom. The van der Waals surface area contributed by atoms with E-state index in [1.165, 1.54) is 11.1 Å². The van der Waals surface area contributed by atoms with Crippen molar-refractivity contribution in [1.29, 1.82) is 0 Å². The quantitative estimate of drug-likeness (QED) is 0.872. The van der Waals surface area contributed by atoms with Crippen LogP contribution in [0, 0.1) is 6.92 Å². The molecule has 142 valence electrons. The summed E-state index contributed by atoms with van der Waals surface area (Å²) in [6, 6.07) is 10.7. The van der Waals surface area contributed by atoms with Crippen LogP contribution in [-0.4, -0.2) is 49.3 Å². The molecule has 6 nitrogen and oxygen atoms in total. The Balaban J connectivity index is 1.38. The van der Waals surface area contributed by atoms with Gasteiger partial charge in [-0.3, -0.25) is 0 Å². The Labute approximate surface area is 160 Å². The van der Waals surface area contributed by atoms with Crippen LogP contribution in [-0.2, 0) is 9.84 Å². The van der Waals surface area contributed by atoms with Gasteiger partial charge in [-0.05, 0) is 38.0 Å². The minimum atomic E-state index is -3.00. The van der Waals surface area contributed by atoms with Gasteiger partial charge in [0.05, 0.1) is 11.4 Å². The van der Waals surface area contributed by atoms with Gasteiger partial charge in [-0.15, -0.1) is 0 Å². The highest BCUT2D eigenvalue weighted by molar-refractivity contribution is 7.94. The zero-order valence-electron chi connectivity index (χ0n) is 15.4. The van der Waals surface area contributed by atoms with Gasteiger partial charge in [0.25, 0.3) is 0 Å². The second kappa shape index (κ2) is 7.40. The first-order chi connectivity index (χ1) is 13.0. The van der Waals surface area contributed by atoms with E-state index in [1.807, 2.05) is 13.0 Å². The smallest absolute Gasteiger partial charge is 0.173 e. The highest BCUT2D eigenvalue weighted by Crippen LogP contribution is 2.26. The number of anilines is 1. The third-order valence-corrected chi connectivity index (χ3v) is 6.55. The second-order valence-corrected chi connectivity index (χ2v) is 9.16. The first-order valence-electron chi connectivity index (χ1n) is 9.30.